The zero-order valence-corrected chi connectivity index (χ0v) is 22.8. The van der Waals surface area contributed by atoms with E-state index in [1.165, 1.54) is 11.1 Å². The number of carbonyl (C=O) groups is 1. The summed E-state index contributed by atoms with van der Waals surface area (Å²) in [6, 6.07) is 18.7. The van der Waals surface area contributed by atoms with Crippen molar-refractivity contribution < 1.29 is 14.4 Å². The van der Waals surface area contributed by atoms with Gasteiger partial charge in [-0.2, -0.15) is 0 Å². The molecule has 39 heavy (non-hydrogen) atoms. The summed E-state index contributed by atoms with van der Waals surface area (Å²) in [6.45, 7) is 7.62. The van der Waals surface area contributed by atoms with Crippen LogP contribution in [-0.4, -0.2) is 56.7 Å². The Balaban J connectivity index is 1.12. The third-order valence-electron chi connectivity index (χ3n) is 8.90. The SMILES string of the molecule is Cc1cc(N2C=NC(C)O2)ccc1-c1ccc(C(=O)N2CCc3cc4c(cc32)C2(CCN(C)CC2)CO4)cc1. The van der Waals surface area contributed by atoms with E-state index in [4.69, 9.17) is 9.57 Å². The third-order valence-corrected chi connectivity index (χ3v) is 8.90. The molecule has 4 aliphatic rings. The number of nitrogens with zero attached hydrogens (tertiary/aromatic N) is 4. The maximum Gasteiger partial charge on any atom is 0.258 e. The lowest BCUT2D eigenvalue weighted by Crippen LogP contribution is -2.42. The number of aryl methyl sites for hydroxylation is 1. The summed E-state index contributed by atoms with van der Waals surface area (Å²) in [5.74, 6) is 1.08. The van der Waals surface area contributed by atoms with Gasteiger partial charge < -0.3 is 14.5 Å². The Morgan fingerprint density at radius 2 is 1.82 bits per heavy atom. The molecule has 4 heterocycles. The highest BCUT2D eigenvalue weighted by atomic mass is 16.7. The van der Waals surface area contributed by atoms with Crippen LogP contribution in [0.15, 0.2) is 59.6 Å². The second-order valence-corrected chi connectivity index (χ2v) is 11.4. The van der Waals surface area contributed by atoms with Crippen LogP contribution in [0.4, 0.5) is 11.4 Å². The van der Waals surface area contributed by atoms with Crippen molar-refractivity contribution in [3.05, 3.63) is 76.9 Å². The number of hydrogen-bond donors (Lipinski definition) is 0. The Morgan fingerprint density at radius 1 is 1.03 bits per heavy atom. The highest BCUT2D eigenvalue weighted by Crippen LogP contribution is 2.49. The predicted octanol–water partition coefficient (Wildman–Crippen LogP) is 5.35. The third kappa shape index (κ3) is 4.12. The number of fused-ring (bicyclic) bond motifs is 3. The van der Waals surface area contributed by atoms with Crippen molar-refractivity contribution in [2.75, 3.05) is 43.3 Å². The molecule has 0 bridgehead atoms. The first-order valence-corrected chi connectivity index (χ1v) is 13.9. The maximum absolute atomic E-state index is 13.7. The average molecular weight is 523 g/mol. The van der Waals surface area contributed by atoms with Crippen molar-refractivity contribution in [2.45, 2.75) is 44.8 Å². The minimum Gasteiger partial charge on any atom is -0.492 e. The molecule has 0 radical (unpaired) electrons. The van der Waals surface area contributed by atoms with Gasteiger partial charge in [0, 0.05) is 28.8 Å². The molecular weight excluding hydrogens is 488 g/mol. The Morgan fingerprint density at radius 3 is 2.54 bits per heavy atom. The van der Waals surface area contributed by atoms with Crippen molar-refractivity contribution in [1.82, 2.24) is 4.90 Å². The molecule has 4 aliphatic heterocycles. The van der Waals surface area contributed by atoms with E-state index < -0.39 is 0 Å². The fourth-order valence-corrected chi connectivity index (χ4v) is 6.47. The Bertz CT molecular complexity index is 1470. The van der Waals surface area contributed by atoms with E-state index in [1.807, 2.05) is 42.2 Å². The van der Waals surface area contributed by atoms with Crippen LogP contribution in [0.1, 0.15) is 46.8 Å². The van der Waals surface area contributed by atoms with Crippen LogP contribution in [0, 0.1) is 6.92 Å². The van der Waals surface area contributed by atoms with Crippen molar-refractivity contribution in [3.8, 4) is 16.9 Å². The van der Waals surface area contributed by atoms with Gasteiger partial charge in [-0.25, -0.2) is 14.9 Å². The van der Waals surface area contributed by atoms with Crippen LogP contribution >= 0.6 is 0 Å². The second kappa shape index (κ2) is 9.21. The molecule has 0 N–H and O–H groups in total. The largest absolute Gasteiger partial charge is 0.492 e. The van der Waals surface area contributed by atoms with Gasteiger partial charge in [-0.05, 0) is 112 Å². The first-order valence-electron chi connectivity index (χ1n) is 13.9. The predicted molar refractivity (Wildman–Crippen MR) is 154 cm³/mol. The Hall–Kier alpha value is -3.68. The molecule has 1 amide bonds. The number of likely N-dealkylation sites (tertiary alicyclic amines) is 1. The molecular formula is C32H34N4O3. The molecule has 1 spiro atoms. The van der Waals surface area contributed by atoms with Gasteiger partial charge >= 0.3 is 0 Å². The van der Waals surface area contributed by atoms with Gasteiger partial charge in [-0.15, -0.1) is 0 Å². The zero-order valence-electron chi connectivity index (χ0n) is 22.8. The molecule has 200 valence electrons. The van der Waals surface area contributed by atoms with Gasteiger partial charge in [0.15, 0.2) is 6.23 Å². The molecule has 3 aromatic rings. The molecule has 0 aromatic heterocycles. The van der Waals surface area contributed by atoms with E-state index in [0.717, 1.165) is 72.8 Å². The topological polar surface area (TPSA) is 57.6 Å². The normalized spacial score (nSPS) is 21.4. The molecule has 1 fully saturated rings. The number of rotatable bonds is 3. The van der Waals surface area contributed by atoms with Crippen molar-refractivity contribution >= 4 is 23.6 Å². The summed E-state index contributed by atoms with van der Waals surface area (Å²) in [5, 5.41) is 1.70. The summed E-state index contributed by atoms with van der Waals surface area (Å²) >= 11 is 0. The quantitative estimate of drug-likeness (QED) is 0.464. The van der Waals surface area contributed by atoms with Crippen LogP contribution in [-0.2, 0) is 16.7 Å². The van der Waals surface area contributed by atoms with Gasteiger partial charge in [0.2, 0.25) is 0 Å². The minimum atomic E-state index is -0.165. The fourth-order valence-electron chi connectivity index (χ4n) is 6.47. The smallest absolute Gasteiger partial charge is 0.258 e. The number of ether oxygens (including phenoxy) is 1. The number of carbonyl (C=O) groups excluding carboxylic acids is 1. The zero-order chi connectivity index (χ0) is 26.7. The standard InChI is InChI=1S/C32H34N4O3/c1-21-16-26(36-20-33-22(2)39-36)8-9-27(21)23-4-6-24(7-5-23)31(37)35-13-10-25-17-30-28(18-29(25)35)32(19-38-30)11-14-34(3)15-12-32/h4-9,16-18,20,22H,10-15,19H2,1-3H3. The summed E-state index contributed by atoms with van der Waals surface area (Å²) in [5.41, 5.74) is 8.65. The van der Waals surface area contributed by atoms with Gasteiger partial charge in [0.25, 0.3) is 5.91 Å². The van der Waals surface area contributed by atoms with Gasteiger partial charge in [-0.3, -0.25) is 4.79 Å². The Kier molecular flexibility index (Phi) is 5.75. The summed E-state index contributed by atoms with van der Waals surface area (Å²) in [6.07, 6.45) is 4.61. The molecule has 7 heteroatoms. The Labute approximate surface area is 229 Å². The highest BCUT2D eigenvalue weighted by Gasteiger charge is 2.44. The fraction of sp³-hybridized carbons (Fsp3) is 0.375. The number of aliphatic imine (C=N–C) groups is 1. The monoisotopic (exact) mass is 522 g/mol. The maximum atomic E-state index is 13.7. The average Bonchev–Trinajstić information content (AvgIpc) is 3.66. The van der Waals surface area contributed by atoms with Gasteiger partial charge in [-0.1, -0.05) is 18.2 Å². The molecule has 0 saturated carbocycles. The van der Waals surface area contributed by atoms with Crippen LogP contribution in [0.5, 0.6) is 5.75 Å². The van der Waals surface area contributed by atoms with Crippen LogP contribution < -0.4 is 14.7 Å². The van der Waals surface area contributed by atoms with Crippen LogP contribution in [0.25, 0.3) is 11.1 Å². The molecule has 1 unspecified atom stereocenters. The lowest BCUT2D eigenvalue weighted by molar-refractivity contribution is 0.0988. The number of anilines is 2. The number of benzene rings is 3. The first-order chi connectivity index (χ1) is 18.9. The van der Waals surface area contributed by atoms with E-state index in [-0.39, 0.29) is 17.6 Å². The molecule has 3 aromatic carbocycles. The van der Waals surface area contributed by atoms with Gasteiger partial charge in [0.05, 0.1) is 12.3 Å². The van der Waals surface area contributed by atoms with Crippen molar-refractivity contribution in [3.63, 3.8) is 0 Å². The lowest BCUT2D eigenvalue weighted by Gasteiger charge is -2.37. The van der Waals surface area contributed by atoms with E-state index >= 15 is 0 Å². The number of hydroxylamine groups is 1. The minimum absolute atomic E-state index is 0.0586. The highest BCUT2D eigenvalue weighted by molar-refractivity contribution is 6.07. The van der Waals surface area contributed by atoms with E-state index in [9.17, 15) is 4.79 Å². The number of piperidine rings is 1. The molecule has 1 saturated heterocycles. The molecule has 7 rings (SSSR count). The van der Waals surface area contributed by atoms with Crippen LogP contribution in [0.3, 0.4) is 0 Å². The van der Waals surface area contributed by atoms with E-state index in [0.29, 0.717) is 12.1 Å². The lowest BCUT2D eigenvalue weighted by atomic mass is 9.74. The van der Waals surface area contributed by atoms with Crippen LogP contribution in [0.2, 0.25) is 0 Å². The number of hydrogen-bond acceptors (Lipinski definition) is 6. The summed E-state index contributed by atoms with van der Waals surface area (Å²) in [7, 11) is 2.19. The summed E-state index contributed by atoms with van der Waals surface area (Å²) in [4.78, 5) is 28.0. The first kappa shape index (κ1) is 24.4. The van der Waals surface area contributed by atoms with E-state index in [1.54, 1.807) is 11.4 Å². The summed E-state index contributed by atoms with van der Waals surface area (Å²) < 4.78 is 6.20. The number of amides is 1. The molecule has 1 atom stereocenters. The van der Waals surface area contributed by atoms with Crippen molar-refractivity contribution in [1.29, 1.82) is 0 Å². The van der Waals surface area contributed by atoms with E-state index in [2.05, 4.69) is 48.1 Å². The molecule has 0 aliphatic carbocycles. The second-order valence-electron chi connectivity index (χ2n) is 11.4. The van der Waals surface area contributed by atoms with Crippen molar-refractivity contribution in [2.24, 2.45) is 4.99 Å². The van der Waals surface area contributed by atoms with Gasteiger partial charge in [0.1, 0.15) is 12.1 Å². The molecule has 7 nitrogen and oxygen atoms in total.